The van der Waals surface area contributed by atoms with Crippen LogP contribution in [0.25, 0.3) is 44.0 Å². The molecule has 0 saturated heterocycles. The second-order valence-corrected chi connectivity index (χ2v) is 9.96. The second-order valence-electron chi connectivity index (χ2n) is 9.96. The van der Waals surface area contributed by atoms with Gasteiger partial charge in [-0.05, 0) is 53.1 Å². The fourth-order valence-electron chi connectivity index (χ4n) is 5.76. The highest BCUT2D eigenvalue weighted by Gasteiger charge is 2.32. The molecule has 156 valence electrons. The van der Waals surface area contributed by atoms with Crippen LogP contribution < -0.4 is 0 Å². The lowest BCUT2D eigenvalue weighted by molar-refractivity contribution is 0.327. The molecule has 1 saturated carbocycles. The smallest absolute Gasteiger partial charge is 0.136 e. The number of benzene rings is 3. The van der Waals surface area contributed by atoms with E-state index in [0.717, 1.165) is 33.7 Å². The van der Waals surface area contributed by atoms with Gasteiger partial charge in [0.05, 0.1) is 5.69 Å². The van der Waals surface area contributed by atoms with Crippen molar-refractivity contribution in [2.45, 2.75) is 37.3 Å². The highest BCUT2D eigenvalue weighted by Crippen LogP contribution is 2.39. The minimum atomic E-state index is 0.167. The van der Waals surface area contributed by atoms with Crippen molar-refractivity contribution in [3.8, 4) is 11.3 Å². The van der Waals surface area contributed by atoms with Crippen LogP contribution in [0.1, 0.15) is 37.7 Å². The van der Waals surface area contributed by atoms with Gasteiger partial charge in [-0.25, -0.2) is 0 Å². The average Bonchev–Trinajstić information content (AvgIpc) is 3.23. The third-order valence-corrected chi connectivity index (χ3v) is 7.79. The number of furan rings is 1. The van der Waals surface area contributed by atoms with Gasteiger partial charge in [0.1, 0.15) is 26.9 Å². The van der Waals surface area contributed by atoms with E-state index in [1.54, 1.807) is 0 Å². The topological polar surface area (TPSA) is 26.0 Å². The molecular formula is C28H27B2NO. The molecule has 0 aliphatic heterocycles. The highest BCUT2D eigenvalue weighted by molar-refractivity contribution is 6.40. The molecule has 3 aromatic carbocycles. The summed E-state index contributed by atoms with van der Waals surface area (Å²) in [5.41, 5.74) is 5.46. The molecule has 0 bridgehead atoms. The summed E-state index contributed by atoms with van der Waals surface area (Å²) in [4.78, 5) is 4.77. The SMILES string of the molecule is BC(B)(c1ccnc(-c2ccc3oc4ccc5ccccc5c4c3c2)c1)C1CCCCC1. The maximum Gasteiger partial charge on any atom is 0.136 e. The Balaban J connectivity index is 1.48. The maximum absolute atomic E-state index is 6.19. The molecule has 32 heavy (non-hydrogen) atoms. The lowest BCUT2D eigenvalue weighted by Crippen LogP contribution is -2.37. The first-order valence-electron chi connectivity index (χ1n) is 11.9. The van der Waals surface area contributed by atoms with Crippen molar-refractivity contribution < 1.29 is 4.42 Å². The second kappa shape index (κ2) is 7.55. The van der Waals surface area contributed by atoms with E-state index in [4.69, 9.17) is 9.40 Å². The normalized spacial score (nSPS) is 15.6. The Morgan fingerprint density at radius 2 is 1.62 bits per heavy atom. The van der Waals surface area contributed by atoms with E-state index in [2.05, 4.69) is 82.4 Å². The molecule has 0 N–H and O–H groups in total. The molecule has 0 radical (unpaired) electrons. The Morgan fingerprint density at radius 3 is 2.50 bits per heavy atom. The summed E-state index contributed by atoms with van der Waals surface area (Å²) in [5.74, 6) is 0.748. The van der Waals surface area contributed by atoms with Crippen LogP contribution in [-0.4, -0.2) is 20.7 Å². The number of hydrogen-bond acceptors (Lipinski definition) is 2. The summed E-state index contributed by atoms with van der Waals surface area (Å²) in [6, 6.07) is 23.8. The average molecular weight is 415 g/mol. The molecule has 2 aromatic heterocycles. The van der Waals surface area contributed by atoms with Crippen LogP contribution in [0.5, 0.6) is 0 Å². The van der Waals surface area contributed by atoms with Gasteiger partial charge in [0, 0.05) is 22.5 Å². The molecular weight excluding hydrogens is 388 g/mol. The lowest BCUT2D eigenvalue weighted by atomic mass is 9.43. The van der Waals surface area contributed by atoms with Gasteiger partial charge < -0.3 is 4.42 Å². The Hall–Kier alpha value is -3.00. The molecule has 2 heterocycles. The van der Waals surface area contributed by atoms with Crippen LogP contribution in [0, 0.1) is 5.92 Å². The zero-order chi connectivity index (χ0) is 21.7. The molecule has 0 spiro atoms. The number of hydrogen-bond donors (Lipinski definition) is 0. The van der Waals surface area contributed by atoms with Crippen LogP contribution in [0.3, 0.4) is 0 Å². The Bertz CT molecular complexity index is 1450. The van der Waals surface area contributed by atoms with Gasteiger partial charge in [-0.1, -0.05) is 73.2 Å². The van der Waals surface area contributed by atoms with Crippen LogP contribution in [0.4, 0.5) is 0 Å². The van der Waals surface area contributed by atoms with E-state index in [1.807, 2.05) is 6.20 Å². The first kappa shape index (κ1) is 19.7. The lowest BCUT2D eigenvalue weighted by Gasteiger charge is -2.38. The van der Waals surface area contributed by atoms with Gasteiger partial charge in [-0.3, -0.25) is 4.98 Å². The first-order valence-corrected chi connectivity index (χ1v) is 11.9. The zero-order valence-electron chi connectivity index (χ0n) is 18.9. The van der Waals surface area contributed by atoms with Crippen LogP contribution in [0.2, 0.25) is 0 Å². The number of rotatable bonds is 3. The monoisotopic (exact) mass is 415 g/mol. The van der Waals surface area contributed by atoms with Crippen LogP contribution >= 0.6 is 0 Å². The predicted molar refractivity (Wildman–Crippen MR) is 140 cm³/mol. The molecule has 1 aliphatic carbocycles. The van der Waals surface area contributed by atoms with Crippen LogP contribution in [0.15, 0.2) is 77.3 Å². The summed E-state index contributed by atoms with van der Waals surface area (Å²) in [5, 5.41) is 5.00. The van der Waals surface area contributed by atoms with E-state index in [0.29, 0.717) is 0 Å². The van der Waals surface area contributed by atoms with Gasteiger partial charge in [-0.15, -0.1) is 0 Å². The van der Waals surface area contributed by atoms with E-state index >= 15 is 0 Å². The fourth-order valence-corrected chi connectivity index (χ4v) is 5.76. The standard InChI is InChI=1S/C28H27B2NO/c29-28(30,20-7-2-1-3-8-20)21-14-15-31-24(17-21)19-11-12-25-23(16-19)27-22-9-5-4-6-18(22)10-13-26(27)32-25/h4-6,9-17,20H,1-3,7-8,29-30H2. The summed E-state index contributed by atoms with van der Waals surface area (Å²) >= 11 is 0. The Kier molecular flexibility index (Phi) is 4.64. The predicted octanol–water partition coefficient (Wildman–Crippen LogP) is 5.80. The minimum absolute atomic E-state index is 0.167. The molecule has 1 fully saturated rings. The highest BCUT2D eigenvalue weighted by atomic mass is 16.3. The Labute approximate surface area is 190 Å². The molecule has 2 nitrogen and oxygen atoms in total. The van der Waals surface area contributed by atoms with Gasteiger partial charge in [0.2, 0.25) is 0 Å². The number of fused-ring (bicyclic) bond motifs is 5. The molecule has 0 amide bonds. The van der Waals surface area contributed by atoms with Crippen LogP contribution in [-0.2, 0) is 5.21 Å². The zero-order valence-corrected chi connectivity index (χ0v) is 18.9. The molecule has 1 aliphatic rings. The minimum Gasteiger partial charge on any atom is -0.456 e. The third-order valence-electron chi connectivity index (χ3n) is 7.79. The van der Waals surface area contributed by atoms with Gasteiger partial charge in [0.15, 0.2) is 0 Å². The summed E-state index contributed by atoms with van der Waals surface area (Å²) in [6.07, 6.45) is 8.79. The van der Waals surface area contributed by atoms with Crippen molar-refractivity contribution >= 4 is 48.4 Å². The number of nitrogens with zero attached hydrogens (tertiary/aromatic N) is 1. The van der Waals surface area contributed by atoms with E-state index < -0.39 is 0 Å². The van der Waals surface area contributed by atoms with Crippen molar-refractivity contribution in [3.63, 3.8) is 0 Å². The quantitative estimate of drug-likeness (QED) is 0.348. The molecule has 5 aromatic rings. The summed E-state index contributed by atoms with van der Waals surface area (Å²) in [7, 11) is 4.84. The van der Waals surface area contributed by atoms with Crippen molar-refractivity contribution in [1.82, 2.24) is 4.98 Å². The largest absolute Gasteiger partial charge is 0.456 e. The molecule has 4 heteroatoms. The van der Waals surface area contributed by atoms with Crippen molar-refractivity contribution in [3.05, 3.63) is 78.5 Å². The van der Waals surface area contributed by atoms with Gasteiger partial charge >= 0.3 is 0 Å². The Morgan fingerprint density at radius 1 is 0.812 bits per heavy atom. The van der Waals surface area contributed by atoms with Gasteiger partial charge in [-0.2, -0.15) is 0 Å². The molecule has 0 unspecified atom stereocenters. The molecule has 6 rings (SSSR count). The summed E-state index contributed by atoms with van der Waals surface area (Å²) in [6.45, 7) is 0. The number of aromatic nitrogens is 1. The van der Waals surface area contributed by atoms with E-state index in [-0.39, 0.29) is 5.21 Å². The first-order chi connectivity index (χ1) is 15.6. The van der Waals surface area contributed by atoms with Crippen molar-refractivity contribution in [2.75, 3.05) is 0 Å². The van der Waals surface area contributed by atoms with Crippen molar-refractivity contribution in [2.24, 2.45) is 5.92 Å². The summed E-state index contributed by atoms with van der Waals surface area (Å²) < 4.78 is 6.19. The number of pyridine rings is 1. The van der Waals surface area contributed by atoms with E-state index in [9.17, 15) is 0 Å². The molecule has 0 atom stereocenters. The maximum atomic E-state index is 6.19. The van der Waals surface area contributed by atoms with Gasteiger partial charge in [0.25, 0.3) is 0 Å². The fraction of sp³-hybridized carbons (Fsp3) is 0.250. The van der Waals surface area contributed by atoms with Crippen molar-refractivity contribution in [1.29, 1.82) is 0 Å². The third kappa shape index (κ3) is 3.16. The van der Waals surface area contributed by atoms with E-state index in [1.165, 1.54) is 53.8 Å².